The van der Waals surface area contributed by atoms with E-state index in [0.29, 0.717) is 32.9 Å². The molecule has 0 radical (unpaired) electrons. The number of thioether (sulfide) groups is 1. The van der Waals surface area contributed by atoms with E-state index in [0.717, 1.165) is 10.5 Å². The summed E-state index contributed by atoms with van der Waals surface area (Å²) in [5, 5.41) is 1.64. The molecular formula is C24H20Cl3NO3S. The van der Waals surface area contributed by atoms with Crippen LogP contribution in [-0.2, 0) is 16.1 Å². The summed E-state index contributed by atoms with van der Waals surface area (Å²) in [6, 6.07) is 19.2. The van der Waals surface area contributed by atoms with Gasteiger partial charge in [0.05, 0.1) is 24.5 Å². The van der Waals surface area contributed by atoms with Gasteiger partial charge in [-0.25, -0.2) is 4.79 Å². The summed E-state index contributed by atoms with van der Waals surface area (Å²) in [4.78, 5) is 27.7. The van der Waals surface area contributed by atoms with E-state index in [2.05, 4.69) is 0 Å². The minimum absolute atomic E-state index is 0.111. The van der Waals surface area contributed by atoms with Crippen LogP contribution in [0.3, 0.4) is 0 Å². The third kappa shape index (κ3) is 6.66. The largest absolute Gasteiger partial charge is 0.462 e. The molecule has 0 saturated carbocycles. The maximum Gasteiger partial charge on any atom is 0.338 e. The number of carbonyl (C=O) groups is 2. The lowest BCUT2D eigenvalue weighted by Crippen LogP contribution is -2.32. The summed E-state index contributed by atoms with van der Waals surface area (Å²) in [6.45, 7) is 2.30. The SMILES string of the molecule is CCOC(=O)c1ccc(N(Cc2ccc(Cl)cc2Cl)C(=O)CSc2ccc(Cl)cc2)cc1. The Morgan fingerprint density at radius 2 is 1.56 bits per heavy atom. The average Bonchev–Trinajstić information content (AvgIpc) is 2.78. The van der Waals surface area contributed by atoms with Gasteiger partial charge in [0.2, 0.25) is 5.91 Å². The number of benzene rings is 3. The predicted octanol–water partition coefficient (Wildman–Crippen LogP) is 7.15. The fourth-order valence-corrected chi connectivity index (χ4v) is 4.26. The molecule has 166 valence electrons. The van der Waals surface area contributed by atoms with Crippen LogP contribution in [0, 0.1) is 0 Å². The second kappa shape index (κ2) is 11.6. The minimum atomic E-state index is -0.407. The summed E-state index contributed by atoms with van der Waals surface area (Å²) in [5.41, 5.74) is 1.82. The highest BCUT2D eigenvalue weighted by Crippen LogP contribution is 2.27. The number of esters is 1. The molecular weight excluding hydrogens is 489 g/mol. The van der Waals surface area contributed by atoms with Crippen molar-refractivity contribution in [2.75, 3.05) is 17.3 Å². The Morgan fingerprint density at radius 3 is 2.19 bits per heavy atom. The highest BCUT2D eigenvalue weighted by Gasteiger charge is 2.19. The smallest absolute Gasteiger partial charge is 0.338 e. The summed E-state index contributed by atoms with van der Waals surface area (Å²) >= 11 is 19.7. The van der Waals surface area contributed by atoms with Crippen molar-refractivity contribution in [3.63, 3.8) is 0 Å². The number of hydrogen-bond acceptors (Lipinski definition) is 4. The Bertz CT molecular complexity index is 1090. The van der Waals surface area contributed by atoms with E-state index in [1.54, 1.807) is 66.4 Å². The molecule has 0 heterocycles. The molecule has 0 aromatic heterocycles. The number of carbonyl (C=O) groups excluding carboxylic acids is 2. The molecule has 0 atom stereocenters. The number of ether oxygens (including phenoxy) is 1. The lowest BCUT2D eigenvalue weighted by molar-refractivity contribution is -0.116. The fraction of sp³-hybridized carbons (Fsp3) is 0.167. The third-order valence-electron chi connectivity index (χ3n) is 4.51. The molecule has 3 aromatic rings. The molecule has 3 aromatic carbocycles. The van der Waals surface area contributed by atoms with Gasteiger partial charge in [0.15, 0.2) is 0 Å². The molecule has 0 saturated heterocycles. The molecule has 0 unspecified atom stereocenters. The third-order valence-corrected chi connectivity index (χ3v) is 6.35. The molecule has 0 N–H and O–H groups in total. The number of hydrogen-bond donors (Lipinski definition) is 0. The zero-order valence-corrected chi connectivity index (χ0v) is 20.3. The topological polar surface area (TPSA) is 46.6 Å². The maximum atomic E-state index is 13.2. The van der Waals surface area contributed by atoms with E-state index in [9.17, 15) is 9.59 Å². The Morgan fingerprint density at radius 1 is 0.906 bits per heavy atom. The highest BCUT2D eigenvalue weighted by atomic mass is 35.5. The van der Waals surface area contributed by atoms with E-state index in [1.165, 1.54) is 11.8 Å². The second-order valence-corrected chi connectivity index (χ2v) is 9.05. The van der Waals surface area contributed by atoms with Gasteiger partial charge >= 0.3 is 5.97 Å². The molecule has 0 aliphatic heterocycles. The van der Waals surface area contributed by atoms with Crippen molar-refractivity contribution in [3.05, 3.63) is 92.9 Å². The number of rotatable bonds is 8. The number of anilines is 1. The Labute approximate surface area is 206 Å². The first-order valence-corrected chi connectivity index (χ1v) is 11.9. The van der Waals surface area contributed by atoms with Crippen LogP contribution in [0.1, 0.15) is 22.8 Å². The second-order valence-electron chi connectivity index (χ2n) is 6.73. The van der Waals surface area contributed by atoms with Crippen LogP contribution < -0.4 is 4.90 Å². The minimum Gasteiger partial charge on any atom is -0.462 e. The van der Waals surface area contributed by atoms with Gasteiger partial charge in [-0.05, 0) is 73.2 Å². The molecule has 3 rings (SSSR count). The summed E-state index contributed by atoms with van der Waals surface area (Å²) in [6.07, 6.45) is 0. The summed E-state index contributed by atoms with van der Waals surface area (Å²) in [5.74, 6) is -0.303. The van der Waals surface area contributed by atoms with Gasteiger partial charge in [0.1, 0.15) is 0 Å². The van der Waals surface area contributed by atoms with Crippen molar-refractivity contribution in [2.24, 2.45) is 0 Å². The molecule has 0 spiro atoms. The van der Waals surface area contributed by atoms with Crippen molar-refractivity contribution < 1.29 is 14.3 Å². The van der Waals surface area contributed by atoms with Crippen molar-refractivity contribution >= 4 is 64.1 Å². The van der Waals surface area contributed by atoms with E-state index in [1.807, 2.05) is 12.1 Å². The van der Waals surface area contributed by atoms with E-state index in [-0.39, 0.29) is 18.2 Å². The van der Waals surface area contributed by atoms with Gasteiger partial charge in [-0.15, -0.1) is 11.8 Å². The molecule has 4 nitrogen and oxygen atoms in total. The van der Waals surface area contributed by atoms with Crippen LogP contribution in [-0.4, -0.2) is 24.2 Å². The molecule has 0 aliphatic carbocycles. The predicted molar refractivity (Wildman–Crippen MR) is 132 cm³/mol. The maximum absolute atomic E-state index is 13.2. The van der Waals surface area contributed by atoms with Crippen LogP contribution in [0.2, 0.25) is 15.1 Å². The lowest BCUT2D eigenvalue weighted by Gasteiger charge is -2.24. The summed E-state index contributed by atoms with van der Waals surface area (Å²) < 4.78 is 5.03. The van der Waals surface area contributed by atoms with Crippen LogP contribution in [0.4, 0.5) is 5.69 Å². The van der Waals surface area contributed by atoms with Crippen molar-refractivity contribution in [1.29, 1.82) is 0 Å². The fourth-order valence-electron chi connectivity index (χ4n) is 2.89. The molecule has 0 fully saturated rings. The Kier molecular flexibility index (Phi) is 8.88. The molecule has 8 heteroatoms. The number of amides is 1. The first kappa shape index (κ1) is 24.5. The van der Waals surface area contributed by atoms with Gasteiger partial charge in [-0.3, -0.25) is 4.79 Å². The quantitative estimate of drug-likeness (QED) is 0.239. The Balaban J connectivity index is 1.83. The zero-order chi connectivity index (χ0) is 23.1. The van der Waals surface area contributed by atoms with Crippen LogP contribution in [0.25, 0.3) is 0 Å². The molecule has 1 amide bonds. The van der Waals surface area contributed by atoms with Gasteiger partial charge in [-0.1, -0.05) is 40.9 Å². The van der Waals surface area contributed by atoms with Gasteiger partial charge in [-0.2, -0.15) is 0 Å². The van der Waals surface area contributed by atoms with Gasteiger partial charge in [0.25, 0.3) is 0 Å². The van der Waals surface area contributed by atoms with E-state index in [4.69, 9.17) is 39.5 Å². The molecule has 0 bridgehead atoms. The van der Waals surface area contributed by atoms with Crippen LogP contribution >= 0.6 is 46.6 Å². The van der Waals surface area contributed by atoms with E-state index < -0.39 is 5.97 Å². The van der Waals surface area contributed by atoms with Crippen LogP contribution in [0.15, 0.2) is 71.6 Å². The number of halogens is 3. The lowest BCUT2D eigenvalue weighted by atomic mass is 10.1. The Hall–Kier alpha value is -2.18. The molecule has 0 aliphatic rings. The van der Waals surface area contributed by atoms with Crippen molar-refractivity contribution in [2.45, 2.75) is 18.4 Å². The van der Waals surface area contributed by atoms with Gasteiger partial charge < -0.3 is 9.64 Å². The molecule has 32 heavy (non-hydrogen) atoms. The standard InChI is InChI=1S/C24H20Cl3NO3S/c1-2-31-24(30)16-4-9-20(10-5-16)28(14-17-3-6-19(26)13-22(17)27)23(29)15-32-21-11-7-18(25)8-12-21/h3-13H,2,14-15H2,1H3. The van der Waals surface area contributed by atoms with Crippen molar-refractivity contribution in [3.8, 4) is 0 Å². The van der Waals surface area contributed by atoms with Crippen LogP contribution in [0.5, 0.6) is 0 Å². The first-order valence-electron chi connectivity index (χ1n) is 9.77. The van der Waals surface area contributed by atoms with Crippen molar-refractivity contribution in [1.82, 2.24) is 0 Å². The van der Waals surface area contributed by atoms with E-state index >= 15 is 0 Å². The number of nitrogens with zero attached hydrogens (tertiary/aromatic N) is 1. The zero-order valence-electron chi connectivity index (χ0n) is 17.2. The monoisotopic (exact) mass is 507 g/mol. The first-order chi connectivity index (χ1) is 15.4. The average molecular weight is 509 g/mol. The van der Waals surface area contributed by atoms with Gasteiger partial charge in [0, 0.05) is 25.7 Å². The highest BCUT2D eigenvalue weighted by molar-refractivity contribution is 8.00. The summed E-state index contributed by atoms with van der Waals surface area (Å²) in [7, 11) is 0. The normalized spacial score (nSPS) is 10.6.